The molecule has 12 amide bonds. The monoisotopic (exact) mass is 1570 g/mol. The topological polar surface area (TPSA) is 279 Å². The SMILES string of the molecule is CCO[C@@H]1C[C@H]2C(=O)NC3(CCC3)C(=O)N(C)[C@@H](C3CCCC3)C(=O)N(C)[C@H](C(=O)N3CCCC3)CC(=O)N(C)[C@@H](CC3CC3)C(=O)N[C@@H]([C@@H](C)CC)C(=O)N(C)CC(=O)N(C)C3C/C=C\CCN(C3=O)[C@@H](CC3CCC(C(F)(F)F)CC3)C(=O)N(C)CC(=O)N[C@@H](CCC3CC(F)C(C(F)(F)F)C(F)C3)C(=O)N2C1. The highest BCUT2D eigenvalue weighted by Gasteiger charge is 2.56. The summed E-state index contributed by atoms with van der Waals surface area (Å²) in [5.41, 5.74) is -1.68. The van der Waals surface area contributed by atoms with Crippen molar-refractivity contribution in [3.8, 4) is 0 Å². The average molecular weight is 1570 g/mol. The van der Waals surface area contributed by atoms with Crippen molar-refractivity contribution in [2.75, 3.05) is 88.2 Å². The zero-order chi connectivity index (χ0) is 80.6. The number of rotatable bonds is 13. The van der Waals surface area contributed by atoms with Crippen molar-refractivity contribution in [3.63, 3.8) is 0 Å². The third-order valence-corrected chi connectivity index (χ3v) is 25.4. The number of likely N-dealkylation sites (N-methyl/N-ethyl adjacent to an activating group) is 6. The summed E-state index contributed by atoms with van der Waals surface area (Å²) < 4.78 is 121. The molecule has 9 aliphatic rings. The summed E-state index contributed by atoms with van der Waals surface area (Å²) in [5.74, 6) is -16.3. The van der Waals surface area contributed by atoms with Crippen LogP contribution in [0.3, 0.4) is 0 Å². The molecule has 618 valence electrons. The Labute approximate surface area is 640 Å². The van der Waals surface area contributed by atoms with Gasteiger partial charge in [-0.25, -0.2) is 8.78 Å². The summed E-state index contributed by atoms with van der Waals surface area (Å²) in [7, 11) is 8.17. The zero-order valence-electron chi connectivity index (χ0n) is 65.2. The van der Waals surface area contributed by atoms with Crippen molar-refractivity contribution in [1.82, 2.24) is 60.0 Å². The minimum absolute atomic E-state index is 0.000413. The first-order chi connectivity index (χ1) is 51.9. The summed E-state index contributed by atoms with van der Waals surface area (Å²) >= 11 is 0. The molecule has 3 N–H and O–H groups in total. The van der Waals surface area contributed by atoms with Crippen LogP contribution in [0.5, 0.6) is 0 Å². The lowest BCUT2D eigenvalue weighted by Gasteiger charge is -2.46. The highest BCUT2D eigenvalue weighted by atomic mass is 19.4. The van der Waals surface area contributed by atoms with E-state index in [9.17, 15) is 45.5 Å². The normalized spacial score (nSPS) is 33.0. The maximum atomic E-state index is 15.7. The molecular formula is C77H116F8N12O13. The van der Waals surface area contributed by atoms with Crippen LogP contribution in [-0.2, 0) is 62.3 Å². The van der Waals surface area contributed by atoms with Gasteiger partial charge in [0.15, 0.2) is 0 Å². The van der Waals surface area contributed by atoms with Gasteiger partial charge in [0.05, 0.1) is 31.5 Å². The number of nitrogens with one attached hydrogen (secondary N) is 3. The standard InChI is InChI=1S/C77H116F8N12O13/c1-10-45(3)64-72(107)90(5)44-62(100)91(6)55-22-13-12-16-35-96(71(55)106)59(39-47-25-28-50(29-26-47)76(80,81)82)69(104)89(4)43-60(98)86-54(30-27-48-36-52(78)63(53(79)37-48)77(83,84)85)68(103)97-42-51(110-11-2)40-57(97)67(102)88-75(31-19-32-75)74(109)94(9)65(49-20-14-15-21-49)73(108)93(8)58(70(105)95-33-17-18-34-95)41-61(99)92(7)56(66(101)87-64)38-46-23-24-46/h12-13,45-59,63-65H,10-11,14-44H2,1-9H3,(H,86,98)(H,87,101)(H,88,102)/b13-12-/t45-,47?,48?,50?,51+,52?,53?,54-,55?,56-,57-,58-,59-,63?,64-,65-/m0/s1. The molecule has 4 aliphatic heterocycles. The quantitative estimate of drug-likeness (QED) is 0.129. The Morgan fingerprint density at radius 3 is 1.77 bits per heavy atom. The van der Waals surface area contributed by atoms with E-state index in [4.69, 9.17) is 4.74 Å². The molecule has 0 aromatic heterocycles. The van der Waals surface area contributed by atoms with Gasteiger partial charge in [-0.15, -0.1) is 0 Å². The molecule has 0 radical (unpaired) electrons. The van der Waals surface area contributed by atoms with Crippen LogP contribution in [0, 0.1) is 41.4 Å². The first kappa shape index (κ1) is 86.8. The van der Waals surface area contributed by atoms with Gasteiger partial charge in [-0.05, 0) is 159 Å². The molecule has 12 atom stereocenters. The van der Waals surface area contributed by atoms with Crippen LogP contribution < -0.4 is 16.0 Å². The molecule has 110 heavy (non-hydrogen) atoms. The second-order valence-electron chi connectivity index (χ2n) is 33.0. The number of ether oxygens (including phenoxy) is 1. The number of carbonyl (C=O) groups is 12. The second kappa shape index (κ2) is 37.2. The Morgan fingerprint density at radius 2 is 1.20 bits per heavy atom. The van der Waals surface area contributed by atoms with E-state index in [0.717, 1.165) is 32.4 Å². The van der Waals surface area contributed by atoms with Crippen LogP contribution >= 0.6 is 0 Å². The molecule has 5 saturated carbocycles. The summed E-state index contributed by atoms with van der Waals surface area (Å²) in [6.45, 7) is 4.00. The molecule has 0 aromatic carbocycles. The van der Waals surface area contributed by atoms with E-state index in [2.05, 4.69) is 16.0 Å². The largest absolute Gasteiger partial charge is 0.397 e. The van der Waals surface area contributed by atoms with Gasteiger partial charge >= 0.3 is 12.4 Å². The average Bonchev–Trinajstić information content (AvgIpc) is 1.12. The third kappa shape index (κ3) is 20.6. The molecule has 1 spiro atoms. The Morgan fingerprint density at radius 1 is 0.591 bits per heavy atom. The van der Waals surface area contributed by atoms with Crippen LogP contribution in [0.4, 0.5) is 35.1 Å². The van der Waals surface area contributed by atoms with E-state index >= 15 is 47.1 Å². The Balaban J connectivity index is 1.10. The minimum Gasteiger partial charge on any atom is -0.377 e. The molecule has 2 bridgehead atoms. The molecular weight excluding hydrogens is 1450 g/mol. The van der Waals surface area contributed by atoms with Crippen LogP contribution in [0.2, 0.25) is 0 Å². The maximum Gasteiger partial charge on any atom is 0.397 e. The number of likely N-dealkylation sites (tertiary alicyclic amines) is 1. The summed E-state index contributed by atoms with van der Waals surface area (Å²) in [6.07, 6.45) is -10.0. The number of nitrogens with zero attached hydrogens (tertiary/aromatic N) is 9. The van der Waals surface area contributed by atoms with Crippen LogP contribution in [0.25, 0.3) is 0 Å². The fourth-order valence-corrected chi connectivity index (χ4v) is 18.1. The maximum absolute atomic E-state index is 15.7. The van der Waals surface area contributed by atoms with E-state index in [1.807, 2.05) is 0 Å². The number of fused-ring (bicyclic) bond motifs is 3. The van der Waals surface area contributed by atoms with Crippen LogP contribution in [-0.4, -0.2) is 288 Å². The molecule has 3 unspecified atom stereocenters. The molecule has 5 aliphatic carbocycles. The lowest BCUT2D eigenvalue weighted by Crippen LogP contribution is -2.68. The van der Waals surface area contributed by atoms with E-state index in [-0.39, 0.29) is 103 Å². The molecule has 8 fully saturated rings. The fraction of sp³-hybridized carbons (Fsp3) is 0.818. The van der Waals surface area contributed by atoms with E-state index in [1.54, 1.807) is 37.8 Å². The predicted molar refractivity (Wildman–Crippen MR) is 386 cm³/mol. The zero-order valence-corrected chi connectivity index (χ0v) is 65.2. The van der Waals surface area contributed by atoms with Crippen molar-refractivity contribution in [1.29, 1.82) is 0 Å². The molecule has 25 nitrogen and oxygen atoms in total. The highest BCUT2D eigenvalue weighted by Crippen LogP contribution is 2.46. The Hall–Kier alpha value is -7.22. The second-order valence-corrected chi connectivity index (χ2v) is 33.0. The van der Waals surface area contributed by atoms with E-state index in [0.29, 0.717) is 64.5 Å². The number of alkyl halides is 8. The fourth-order valence-electron chi connectivity index (χ4n) is 18.1. The molecule has 3 saturated heterocycles. The number of halogens is 8. The van der Waals surface area contributed by atoms with Crippen molar-refractivity contribution in [3.05, 3.63) is 12.2 Å². The lowest BCUT2D eigenvalue weighted by atomic mass is 9.74. The smallest absolute Gasteiger partial charge is 0.377 e. The summed E-state index contributed by atoms with van der Waals surface area (Å²) in [5, 5.41) is 8.50. The van der Waals surface area contributed by atoms with Gasteiger partial charge in [0, 0.05) is 81.5 Å². The van der Waals surface area contributed by atoms with Gasteiger partial charge in [-0.3, -0.25) is 57.5 Å². The third-order valence-electron chi connectivity index (χ3n) is 25.4. The first-order valence-corrected chi connectivity index (χ1v) is 39.9. The lowest BCUT2D eigenvalue weighted by molar-refractivity contribution is -0.219. The number of hydrogen-bond donors (Lipinski definition) is 3. The Bertz CT molecular complexity index is 3330. The molecule has 33 heteroatoms. The van der Waals surface area contributed by atoms with Gasteiger partial charge in [0.2, 0.25) is 70.9 Å². The molecule has 4 heterocycles. The molecule has 9 rings (SSSR count). The van der Waals surface area contributed by atoms with Crippen molar-refractivity contribution in [2.24, 2.45) is 41.4 Å². The van der Waals surface area contributed by atoms with Gasteiger partial charge in [-0.2, -0.15) is 26.3 Å². The number of hydrogen-bond acceptors (Lipinski definition) is 13. The van der Waals surface area contributed by atoms with Crippen molar-refractivity contribution < 1.29 is 97.4 Å². The van der Waals surface area contributed by atoms with Crippen molar-refractivity contribution in [2.45, 2.75) is 272 Å². The predicted octanol–water partition coefficient (Wildman–Crippen LogP) is 6.64. The summed E-state index contributed by atoms with van der Waals surface area (Å²) in [6, 6.07) is -11.2. The number of carbonyl (C=O) groups excluding carboxylic acids is 12. The summed E-state index contributed by atoms with van der Waals surface area (Å²) in [4.78, 5) is 193. The molecule has 0 aromatic rings. The Kier molecular flexibility index (Phi) is 29.3. The van der Waals surface area contributed by atoms with Crippen molar-refractivity contribution >= 4 is 70.9 Å². The van der Waals surface area contributed by atoms with E-state index in [1.165, 1.54) is 61.9 Å². The van der Waals surface area contributed by atoms with Crippen LogP contribution in [0.1, 0.15) is 188 Å². The van der Waals surface area contributed by atoms with Crippen LogP contribution in [0.15, 0.2) is 12.2 Å². The van der Waals surface area contributed by atoms with Gasteiger partial charge in [-0.1, -0.05) is 58.1 Å². The first-order valence-electron chi connectivity index (χ1n) is 39.9. The minimum atomic E-state index is -5.22. The van der Waals surface area contributed by atoms with Gasteiger partial charge < -0.3 is 64.8 Å². The number of amides is 12. The van der Waals surface area contributed by atoms with E-state index < -0.39 is 230 Å². The van der Waals surface area contributed by atoms with Gasteiger partial charge in [0.25, 0.3) is 0 Å². The highest BCUT2D eigenvalue weighted by molar-refractivity contribution is 6.01. The van der Waals surface area contributed by atoms with Gasteiger partial charge in [0.1, 0.15) is 72.1 Å².